The molecule has 2 aliphatic heterocycles. The Balaban J connectivity index is 0.000000730. The SMILES string of the molecule is O=CO.O=S(=O)(c1cccc(Cl)c1)n1cc(N2CCN3CCCC3C2)c2ncccc21. The van der Waals surface area contributed by atoms with Crippen LogP contribution in [0.5, 0.6) is 0 Å². The molecule has 0 saturated carbocycles. The first-order chi connectivity index (χ1) is 15.0. The minimum absolute atomic E-state index is 0.174. The van der Waals surface area contributed by atoms with Gasteiger partial charge in [-0.05, 0) is 49.7 Å². The average molecular weight is 463 g/mol. The molecular formula is C21H23ClN4O4S. The van der Waals surface area contributed by atoms with E-state index < -0.39 is 10.0 Å². The third kappa shape index (κ3) is 4.13. The number of nitrogens with zero attached hydrogens (tertiary/aromatic N) is 4. The van der Waals surface area contributed by atoms with Crippen LogP contribution in [0.3, 0.4) is 0 Å². The molecule has 8 nitrogen and oxygen atoms in total. The number of carboxylic acid groups (broad SMARTS) is 1. The van der Waals surface area contributed by atoms with Crippen LogP contribution >= 0.6 is 11.6 Å². The van der Waals surface area contributed by atoms with Gasteiger partial charge in [-0.2, -0.15) is 0 Å². The summed E-state index contributed by atoms with van der Waals surface area (Å²) in [6, 6.07) is 10.5. The number of anilines is 1. The molecule has 10 heteroatoms. The number of hydrogen-bond acceptors (Lipinski definition) is 6. The molecule has 2 fully saturated rings. The quantitative estimate of drug-likeness (QED) is 0.598. The summed E-state index contributed by atoms with van der Waals surface area (Å²) in [5.74, 6) is 0. The summed E-state index contributed by atoms with van der Waals surface area (Å²) in [6.45, 7) is 3.71. The van der Waals surface area contributed by atoms with Crippen molar-refractivity contribution in [1.29, 1.82) is 0 Å². The van der Waals surface area contributed by atoms with Crippen LogP contribution in [0, 0.1) is 0 Å². The van der Waals surface area contributed by atoms with Crippen LogP contribution in [-0.2, 0) is 14.8 Å². The van der Waals surface area contributed by atoms with Crippen LogP contribution in [0.4, 0.5) is 5.69 Å². The maximum atomic E-state index is 13.3. The van der Waals surface area contributed by atoms with Crippen LogP contribution in [0.1, 0.15) is 12.8 Å². The Morgan fingerprint density at radius 3 is 2.74 bits per heavy atom. The van der Waals surface area contributed by atoms with Gasteiger partial charge in [-0.1, -0.05) is 17.7 Å². The fourth-order valence-electron chi connectivity index (χ4n) is 4.39. The van der Waals surface area contributed by atoms with E-state index in [9.17, 15) is 8.42 Å². The van der Waals surface area contributed by atoms with Crippen molar-refractivity contribution in [3.05, 3.63) is 53.8 Å². The minimum Gasteiger partial charge on any atom is -0.483 e. The number of pyridine rings is 1. The summed E-state index contributed by atoms with van der Waals surface area (Å²) in [6.07, 6.45) is 5.87. The Bertz CT molecular complexity index is 1200. The van der Waals surface area contributed by atoms with Crippen molar-refractivity contribution >= 4 is 44.8 Å². The molecule has 0 radical (unpaired) electrons. The number of piperazine rings is 1. The Morgan fingerprint density at radius 2 is 1.97 bits per heavy atom. The van der Waals surface area contributed by atoms with E-state index in [2.05, 4.69) is 14.8 Å². The Morgan fingerprint density at radius 1 is 1.16 bits per heavy atom. The zero-order chi connectivity index (χ0) is 22.0. The molecule has 0 aliphatic carbocycles. The summed E-state index contributed by atoms with van der Waals surface area (Å²) in [5, 5.41) is 7.29. The van der Waals surface area contributed by atoms with Gasteiger partial charge < -0.3 is 10.0 Å². The maximum absolute atomic E-state index is 13.3. The molecule has 1 N–H and O–H groups in total. The lowest BCUT2D eigenvalue weighted by Gasteiger charge is -2.38. The predicted octanol–water partition coefficient (Wildman–Crippen LogP) is 2.91. The first-order valence-corrected chi connectivity index (χ1v) is 11.8. The normalized spacial score (nSPS) is 19.0. The molecule has 1 unspecified atom stereocenters. The van der Waals surface area contributed by atoms with Gasteiger partial charge in [0, 0.05) is 43.1 Å². The van der Waals surface area contributed by atoms with Crippen molar-refractivity contribution in [1.82, 2.24) is 13.9 Å². The van der Waals surface area contributed by atoms with E-state index in [0.29, 0.717) is 16.6 Å². The van der Waals surface area contributed by atoms with Gasteiger partial charge in [-0.25, -0.2) is 12.4 Å². The molecule has 1 aromatic carbocycles. The van der Waals surface area contributed by atoms with Gasteiger partial charge in [0.05, 0.1) is 16.1 Å². The van der Waals surface area contributed by atoms with Crippen LogP contribution in [0.25, 0.3) is 11.0 Å². The topological polar surface area (TPSA) is 95.7 Å². The number of halogens is 1. The zero-order valence-corrected chi connectivity index (χ0v) is 18.3. The van der Waals surface area contributed by atoms with Gasteiger partial charge in [0.25, 0.3) is 16.5 Å². The van der Waals surface area contributed by atoms with Gasteiger partial charge in [0.15, 0.2) is 0 Å². The minimum atomic E-state index is -3.77. The lowest BCUT2D eigenvalue weighted by molar-refractivity contribution is -0.122. The van der Waals surface area contributed by atoms with Gasteiger partial charge in [-0.3, -0.25) is 14.7 Å². The van der Waals surface area contributed by atoms with Crippen molar-refractivity contribution in [2.45, 2.75) is 23.8 Å². The molecule has 4 heterocycles. The molecule has 0 amide bonds. The second-order valence-electron chi connectivity index (χ2n) is 7.53. The van der Waals surface area contributed by atoms with E-state index in [1.807, 2.05) is 0 Å². The van der Waals surface area contributed by atoms with Crippen molar-refractivity contribution < 1.29 is 18.3 Å². The number of aromatic nitrogens is 2. The Labute approximate surface area is 185 Å². The summed E-state index contributed by atoms with van der Waals surface area (Å²) >= 11 is 6.04. The zero-order valence-electron chi connectivity index (χ0n) is 16.8. The summed E-state index contributed by atoms with van der Waals surface area (Å²) in [4.78, 5) is 17.9. The highest BCUT2D eigenvalue weighted by Gasteiger charge is 2.32. The summed E-state index contributed by atoms with van der Waals surface area (Å²) < 4.78 is 28.0. The highest BCUT2D eigenvalue weighted by atomic mass is 35.5. The lowest BCUT2D eigenvalue weighted by atomic mass is 10.1. The Kier molecular flexibility index (Phi) is 6.17. The largest absolute Gasteiger partial charge is 0.483 e. The number of benzene rings is 1. The van der Waals surface area contributed by atoms with Crippen LogP contribution in [0.2, 0.25) is 5.02 Å². The molecule has 0 spiro atoms. The Hall–Kier alpha value is -2.62. The van der Waals surface area contributed by atoms with Gasteiger partial charge >= 0.3 is 0 Å². The highest BCUT2D eigenvalue weighted by Crippen LogP contribution is 2.33. The fourth-order valence-corrected chi connectivity index (χ4v) is 6.05. The molecule has 2 saturated heterocycles. The third-order valence-electron chi connectivity index (χ3n) is 5.79. The van der Waals surface area contributed by atoms with Gasteiger partial charge in [0.2, 0.25) is 0 Å². The van der Waals surface area contributed by atoms with E-state index in [1.54, 1.807) is 42.7 Å². The highest BCUT2D eigenvalue weighted by molar-refractivity contribution is 7.90. The van der Waals surface area contributed by atoms with Crippen LogP contribution in [0.15, 0.2) is 53.7 Å². The maximum Gasteiger partial charge on any atom is 0.290 e. The fraction of sp³-hybridized carbons (Fsp3) is 0.333. The molecule has 1 atom stereocenters. The molecule has 164 valence electrons. The van der Waals surface area contributed by atoms with E-state index in [4.69, 9.17) is 21.5 Å². The molecular weight excluding hydrogens is 440 g/mol. The first kappa shape index (κ1) is 21.6. The van der Waals surface area contributed by atoms with E-state index in [-0.39, 0.29) is 11.4 Å². The van der Waals surface area contributed by atoms with Crippen LogP contribution in [-0.4, -0.2) is 66.1 Å². The van der Waals surface area contributed by atoms with E-state index in [0.717, 1.165) is 30.8 Å². The number of rotatable bonds is 3. The summed E-state index contributed by atoms with van der Waals surface area (Å²) in [7, 11) is -3.77. The molecule has 3 aromatic rings. The summed E-state index contributed by atoms with van der Waals surface area (Å²) in [5.41, 5.74) is 2.19. The number of hydrogen-bond donors (Lipinski definition) is 1. The first-order valence-electron chi connectivity index (χ1n) is 10.00. The van der Waals surface area contributed by atoms with Gasteiger partial charge in [-0.15, -0.1) is 0 Å². The van der Waals surface area contributed by atoms with E-state index in [1.165, 1.54) is 29.4 Å². The van der Waals surface area contributed by atoms with E-state index >= 15 is 0 Å². The monoisotopic (exact) mass is 462 g/mol. The van der Waals surface area contributed by atoms with Crippen molar-refractivity contribution in [3.8, 4) is 0 Å². The molecule has 0 bridgehead atoms. The van der Waals surface area contributed by atoms with Crippen molar-refractivity contribution in [2.75, 3.05) is 31.1 Å². The molecule has 5 rings (SSSR count). The second-order valence-corrected chi connectivity index (χ2v) is 9.78. The molecule has 31 heavy (non-hydrogen) atoms. The van der Waals surface area contributed by atoms with Crippen molar-refractivity contribution in [2.24, 2.45) is 0 Å². The molecule has 2 aromatic heterocycles. The second kappa shape index (κ2) is 8.86. The molecule has 2 aliphatic rings. The van der Waals surface area contributed by atoms with Crippen LogP contribution < -0.4 is 4.90 Å². The smallest absolute Gasteiger partial charge is 0.290 e. The van der Waals surface area contributed by atoms with Gasteiger partial charge in [0.1, 0.15) is 5.52 Å². The van der Waals surface area contributed by atoms with Crippen molar-refractivity contribution in [3.63, 3.8) is 0 Å². The lowest BCUT2D eigenvalue weighted by Crippen LogP contribution is -2.50. The average Bonchev–Trinajstić information content (AvgIpc) is 3.39. The standard InChI is InChI=1S/C20H21ClN4O2S.CH2O2/c21-15-4-1-6-17(12-15)28(26,27)25-14-19(20-18(25)7-2-8-22-20)24-11-10-23-9-3-5-16(23)13-24;2-1-3/h1-2,4,6-8,12,14,16H,3,5,9-11,13H2;1H,(H,2,3). The third-order valence-corrected chi connectivity index (χ3v) is 7.69. The predicted molar refractivity (Wildman–Crippen MR) is 119 cm³/mol. The number of carbonyl (C=O) groups is 1. The number of fused-ring (bicyclic) bond motifs is 2.